The molecule has 0 bridgehead atoms. The van der Waals surface area contributed by atoms with Crippen LogP contribution >= 0.6 is 0 Å². The first-order chi connectivity index (χ1) is 27.8. The van der Waals surface area contributed by atoms with Gasteiger partial charge in [0, 0.05) is 32.8 Å². The predicted molar refractivity (Wildman–Crippen MR) is 228 cm³/mol. The number of allylic oxidation sites excluding steroid dienone is 1. The number of rotatable bonds is 6. The number of hydrogen-bond acceptors (Lipinski definition) is 4. The first kappa shape index (κ1) is 32.1. The van der Waals surface area contributed by atoms with Crippen molar-refractivity contribution in [2.24, 2.45) is 0 Å². The predicted octanol–water partition coefficient (Wildman–Crippen LogP) is 12.9. The Morgan fingerprint density at radius 1 is 0.446 bits per heavy atom. The van der Waals surface area contributed by atoms with Crippen LogP contribution in [0.4, 0.5) is 0 Å². The van der Waals surface area contributed by atoms with Crippen LogP contribution in [0.1, 0.15) is 23.2 Å². The number of furan rings is 1. The topological polar surface area (TPSA) is 56.7 Å². The minimum absolute atomic E-state index is 0.632. The van der Waals surface area contributed by atoms with Crippen molar-refractivity contribution in [3.63, 3.8) is 0 Å². The second-order valence-electron chi connectivity index (χ2n) is 14.3. The number of benzene rings is 7. The van der Waals surface area contributed by atoms with E-state index in [1.807, 2.05) is 60.7 Å². The molecule has 1 aliphatic carbocycles. The monoisotopic (exact) mass is 718 g/mol. The van der Waals surface area contributed by atoms with Crippen molar-refractivity contribution in [1.82, 2.24) is 19.5 Å². The quantitative estimate of drug-likeness (QED) is 0.172. The van der Waals surface area contributed by atoms with E-state index in [1.165, 1.54) is 33.3 Å². The third-order valence-corrected chi connectivity index (χ3v) is 11.0. The fourth-order valence-corrected chi connectivity index (χ4v) is 8.36. The number of hydrogen-bond donors (Lipinski definition) is 0. The molecule has 10 aromatic rings. The SMILES string of the molecule is C1=C(c2ccccc2)CCc2c1n(-c1cccc3c1oc1cccc(-c4ccc(-c5nc(-c6ccccc6)nc(-c6ccccc6)n5)cc4)c13)c1ccccc21. The van der Waals surface area contributed by atoms with Gasteiger partial charge in [-0.2, -0.15) is 0 Å². The van der Waals surface area contributed by atoms with Crippen molar-refractivity contribution in [2.45, 2.75) is 12.8 Å². The molecule has 0 atom stereocenters. The summed E-state index contributed by atoms with van der Waals surface area (Å²) in [7, 11) is 0. The number of fused-ring (bicyclic) bond motifs is 6. The Morgan fingerprint density at radius 3 is 1.68 bits per heavy atom. The van der Waals surface area contributed by atoms with Crippen LogP contribution in [0.5, 0.6) is 0 Å². The molecule has 0 amide bonds. The standard InChI is InChI=1S/C51H34N4O/c1-4-14-33(15-5-1)38-30-31-41-40-20-10-11-23-43(40)55(45(41)32-38)44-24-12-22-42-47-39(21-13-25-46(47)56-48(42)44)34-26-28-37(29-27-34)51-53-49(35-16-6-2-7-17-35)52-50(54-51)36-18-8-3-9-19-36/h1-29,32H,30-31H2. The van der Waals surface area contributed by atoms with Gasteiger partial charge in [-0.3, -0.25) is 0 Å². The summed E-state index contributed by atoms with van der Waals surface area (Å²) >= 11 is 0. The molecule has 0 saturated carbocycles. The molecule has 0 saturated heterocycles. The Bertz CT molecular complexity index is 3050. The number of para-hydroxylation sites is 2. The normalized spacial score (nSPS) is 12.6. The van der Waals surface area contributed by atoms with Gasteiger partial charge in [-0.1, -0.05) is 158 Å². The van der Waals surface area contributed by atoms with Gasteiger partial charge in [-0.25, -0.2) is 15.0 Å². The largest absolute Gasteiger partial charge is 0.454 e. The van der Waals surface area contributed by atoms with E-state index < -0.39 is 0 Å². The van der Waals surface area contributed by atoms with Crippen LogP contribution in [-0.4, -0.2) is 19.5 Å². The summed E-state index contributed by atoms with van der Waals surface area (Å²) in [5, 5.41) is 3.48. The van der Waals surface area contributed by atoms with Crippen molar-refractivity contribution in [3.05, 3.63) is 193 Å². The van der Waals surface area contributed by atoms with Crippen molar-refractivity contribution < 1.29 is 4.42 Å². The molecule has 3 aromatic heterocycles. The third kappa shape index (κ3) is 5.36. The Kier molecular flexibility index (Phi) is 7.56. The lowest BCUT2D eigenvalue weighted by Gasteiger charge is -2.17. The Hall–Kier alpha value is -7.37. The lowest BCUT2D eigenvalue weighted by molar-refractivity contribution is 0.665. The highest BCUT2D eigenvalue weighted by Gasteiger charge is 2.24. The van der Waals surface area contributed by atoms with E-state index in [9.17, 15) is 0 Å². The fraction of sp³-hybridized carbons (Fsp3) is 0.0392. The summed E-state index contributed by atoms with van der Waals surface area (Å²) in [6, 6.07) is 61.1. The minimum Gasteiger partial charge on any atom is -0.454 e. The maximum atomic E-state index is 6.86. The smallest absolute Gasteiger partial charge is 0.164 e. The molecule has 56 heavy (non-hydrogen) atoms. The van der Waals surface area contributed by atoms with Crippen molar-refractivity contribution >= 4 is 44.5 Å². The van der Waals surface area contributed by atoms with E-state index >= 15 is 0 Å². The van der Waals surface area contributed by atoms with Gasteiger partial charge in [0.15, 0.2) is 23.1 Å². The fourth-order valence-electron chi connectivity index (χ4n) is 8.36. The van der Waals surface area contributed by atoms with Gasteiger partial charge < -0.3 is 8.98 Å². The van der Waals surface area contributed by atoms with Crippen LogP contribution in [0.25, 0.3) is 95.5 Å². The molecular weight excluding hydrogens is 685 g/mol. The third-order valence-electron chi connectivity index (χ3n) is 11.0. The molecule has 0 N–H and O–H groups in total. The van der Waals surface area contributed by atoms with Gasteiger partial charge in [-0.15, -0.1) is 0 Å². The summed E-state index contributed by atoms with van der Waals surface area (Å²) in [5.74, 6) is 1.92. The number of aromatic nitrogens is 4. The number of nitrogens with zero attached hydrogens (tertiary/aromatic N) is 4. The maximum absolute atomic E-state index is 6.86. The second-order valence-corrected chi connectivity index (χ2v) is 14.3. The summed E-state index contributed by atoms with van der Waals surface area (Å²) < 4.78 is 9.27. The Morgan fingerprint density at radius 2 is 1.00 bits per heavy atom. The minimum atomic E-state index is 0.632. The van der Waals surface area contributed by atoms with Gasteiger partial charge >= 0.3 is 0 Å². The highest BCUT2D eigenvalue weighted by Crippen LogP contribution is 2.43. The Labute approximate surface area is 323 Å². The van der Waals surface area contributed by atoms with Crippen molar-refractivity contribution in [1.29, 1.82) is 0 Å². The van der Waals surface area contributed by atoms with E-state index in [0.717, 1.165) is 68.3 Å². The molecule has 0 unspecified atom stereocenters. The molecule has 7 aromatic carbocycles. The molecule has 5 nitrogen and oxygen atoms in total. The average Bonchev–Trinajstić information content (AvgIpc) is 3.83. The zero-order valence-electron chi connectivity index (χ0n) is 30.4. The van der Waals surface area contributed by atoms with Crippen molar-refractivity contribution in [3.8, 4) is 51.0 Å². The molecule has 264 valence electrons. The molecule has 0 aliphatic heterocycles. The first-order valence-electron chi connectivity index (χ1n) is 19.1. The second kappa shape index (κ2) is 13.2. The molecular formula is C51H34N4O. The summed E-state index contributed by atoms with van der Waals surface area (Å²) in [6.45, 7) is 0. The molecule has 1 aliphatic rings. The summed E-state index contributed by atoms with van der Waals surface area (Å²) in [6.07, 6.45) is 4.39. The van der Waals surface area contributed by atoms with Gasteiger partial charge in [0.2, 0.25) is 0 Å². The van der Waals surface area contributed by atoms with Gasteiger partial charge in [0.1, 0.15) is 5.58 Å². The van der Waals surface area contributed by atoms with E-state index in [-0.39, 0.29) is 0 Å². The van der Waals surface area contributed by atoms with Gasteiger partial charge in [0.25, 0.3) is 0 Å². The van der Waals surface area contributed by atoms with Gasteiger partial charge in [-0.05, 0) is 64.9 Å². The molecule has 11 rings (SSSR count). The Balaban J connectivity index is 1.03. The molecule has 0 radical (unpaired) electrons. The van der Waals surface area contributed by atoms with Crippen LogP contribution in [0.3, 0.4) is 0 Å². The lowest BCUT2D eigenvalue weighted by Crippen LogP contribution is -2.03. The summed E-state index contributed by atoms with van der Waals surface area (Å²) in [5.41, 5.74) is 14.2. The zero-order valence-corrected chi connectivity index (χ0v) is 30.4. The average molecular weight is 719 g/mol. The molecule has 0 fully saturated rings. The van der Waals surface area contributed by atoms with Gasteiger partial charge in [0.05, 0.1) is 16.9 Å². The zero-order chi connectivity index (χ0) is 37.0. The van der Waals surface area contributed by atoms with Crippen LogP contribution in [0.2, 0.25) is 0 Å². The van der Waals surface area contributed by atoms with Crippen LogP contribution < -0.4 is 0 Å². The molecule has 5 heteroatoms. The van der Waals surface area contributed by atoms with E-state index in [0.29, 0.717) is 17.5 Å². The van der Waals surface area contributed by atoms with Crippen LogP contribution in [0.15, 0.2) is 180 Å². The van der Waals surface area contributed by atoms with Crippen molar-refractivity contribution in [2.75, 3.05) is 0 Å². The first-order valence-corrected chi connectivity index (χ1v) is 19.1. The highest BCUT2D eigenvalue weighted by molar-refractivity contribution is 6.14. The van der Waals surface area contributed by atoms with E-state index in [4.69, 9.17) is 19.4 Å². The van der Waals surface area contributed by atoms with Crippen LogP contribution in [0, 0.1) is 0 Å². The molecule has 3 heterocycles. The molecule has 0 spiro atoms. The number of aryl methyl sites for hydroxylation is 1. The maximum Gasteiger partial charge on any atom is 0.164 e. The lowest BCUT2D eigenvalue weighted by atomic mass is 9.91. The van der Waals surface area contributed by atoms with Crippen LogP contribution in [-0.2, 0) is 6.42 Å². The van der Waals surface area contributed by atoms with E-state index in [1.54, 1.807) is 0 Å². The van der Waals surface area contributed by atoms with E-state index in [2.05, 4.69) is 126 Å². The summed E-state index contributed by atoms with van der Waals surface area (Å²) in [4.78, 5) is 14.8. The highest BCUT2D eigenvalue weighted by atomic mass is 16.3.